The van der Waals surface area contributed by atoms with Crippen LogP contribution in [0.5, 0.6) is 0 Å². The third-order valence-electron chi connectivity index (χ3n) is 5.42. The van der Waals surface area contributed by atoms with Gasteiger partial charge in [0.2, 0.25) is 0 Å². The molecule has 5 nitrogen and oxygen atoms in total. The van der Waals surface area contributed by atoms with Gasteiger partial charge in [0.05, 0.1) is 6.20 Å². The van der Waals surface area contributed by atoms with E-state index in [-0.39, 0.29) is 11.3 Å². The lowest BCUT2D eigenvalue weighted by Gasteiger charge is -2.40. The van der Waals surface area contributed by atoms with Crippen LogP contribution in [0, 0.1) is 12.3 Å². The Morgan fingerprint density at radius 2 is 2.16 bits per heavy atom. The number of hydrogen-bond donors (Lipinski definition) is 0. The Morgan fingerprint density at radius 1 is 1.24 bits per heavy atom. The van der Waals surface area contributed by atoms with Crippen molar-refractivity contribution in [2.75, 3.05) is 26.2 Å². The van der Waals surface area contributed by atoms with Gasteiger partial charge in [-0.1, -0.05) is 0 Å². The first-order chi connectivity index (χ1) is 12.1. The van der Waals surface area contributed by atoms with Crippen LogP contribution in [0.2, 0.25) is 0 Å². The van der Waals surface area contributed by atoms with Gasteiger partial charge < -0.3 is 4.90 Å². The molecule has 2 aliphatic rings. The summed E-state index contributed by atoms with van der Waals surface area (Å²) < 4.78 is 0. The van der Waals surface area contributed by atoms with Crippen molar-refractivity contribution in [3.05, 3.63) is 46.2 Å². The second kappa shape index (κ2) is 6.84. The third kappa shape index (κ3) is 3.60. The average Bonchev–Trinajstić information content (AvgIpc) is 3.21. The monoisotopic (exact) mass is 356 g/mol. The van der Waals surface area contributed by atoms with Gasteiger partial charge in [-0.2, -0.15) is 0 Å². The highest BCUT2D eigenvalue weighted by atomic mass is 32.1. The molecule has 2 aromatic heterocycles. The fourth-order valence-corrected chi connectivity index (χ4v) is 5.17. The van der Waals surface area contributed by atoms with Crippen molar-refractivity contribution in [2.45, 2.75) is 32.7 Å². The molecule has 0 radical (unpaired) electrons. The Morgan fingerprint density at radius 3 is 2.92 bits per heavy atom. The maximum atomic E-state index is 12.7. The number of carbonyl (C=O) groups is 1. The zero-order valence-corrected chi connectivity index (χ0v) is 15.5. The van der Waals surface area contributed by atoms with E-state index in [2.05, 4.69) is 33.9 Å². The van der Waals surface area contributed by atoms with E-state index in [9.17, 15) is 4.79 Å². The first kappa shape index (κ1) is 16.7. The van der Waals surface area contributed by atoms with Gasteiger partial charge in [0, 0.05) is 53.7 Å². The summed E-state index contributed by atoms with van der Waals surface area (Å²) in [4.78, 5) is 28.3. The first-order valence-corrected chi connectivity index (χ1v) is 9.78. The molecule has 0 saturated carbocycles. The second-order valence-corrected chi connectivity index (χ2v) is 8.77. The predicted octanol–water partition coefficient (Wildman–Crippen LogP) is 2.97. The lowest BCUT2D eigenvalue weighted by molar-refractivity contribution is 0.0521. The third-order valence-corrected chi connectivity index (χ3v) is 6.41. The van der Waals surface area contributed by atoms with Crippen LogP contribution in [0.1, 0.15) is 39.5 Å². The minimum Gasteiger partial charge on any atom is -0.337 e. The summed E-state index contributed by atoms with van der Waals surface area (Å²) >= 11 is 1.89. The molecule has 1 atom stereocenters. The van der Waals surface area contributed by atoms with E-state index in [0.29, 0.717) is 5.69 Å². The highest BCUT2D eigenvalue weighted by molar-refractivity contribution is 7.11. The van der Waals surface area contributed by atoms with Gasteiger partial charge in [-0.25, -0.2) is 4.98 Å². The van der Waals surface area contributed by atoms with E-state index < -0.39 is 0 Å². The maximum absolute atomic E-state index is 12.7. The van der Waals surface area contributed by atoms with Gasteiger partial charge >= 0.3 is 0 Å². The molecule has 6 heteroatoms. The number of piperidine rings is 1. The molecule has 0 aliphatic carbocycles. The molecular weight excluding hydrogens is 332 g/mol. The molecule has 0 aromatic carbocycles. The van der Waals surface area contributed by atoms with E-state index in [1.165, 1.54) is 22.6 Å². The van der Waals surface area contributed by atoms with Crippen LogP contribution in [-0.2, 0) is 6.54 Å². The van der Waals surface area contributed by atoms with Crippen molar-refractivity contribution in [1.82, 2.24) is 19.8 Å². The number of hydrogen-bond acceptors (Lipinski definition) is 5. The number of amides is 1. The highest BCUT2D eigenvalue weighted by Gasteiger charge is 2.42. The van der Waals surface area contributed by atoms with E-state index in [1.807, 2.05) is 16.2 Å². The Kier molecular flexibility index (Phi) is 4.56. The molecule has 4 rings (SSSR count). The van der Waals surface area contributed by atoms with Crippen LogP contribution in [0.15, 0.2) is 30.7 Å². The number of thiophene rings is 1. The van der Waals surface area contributed by atoms with E-state index in [1.54, 1.807) is 18.6 Å². The van der Waals surface area contributed by atoms with Crippen molar-refractivity contribution >= 4 is 17.2 Å². The summed E-state index contributed by atoms with van der Waals surface area (Å²) in [7, 11) is 0. The lowest BCUT2D eigenvalue weighted by Crippen LogP contribution is -2.47. The normalized spacial score (nSPS) is 24.1. The number of likely N-dealkylation sites (tertiary alicyclic amines) is 2. The molecule has 132 valence electrons. The minimum atomic E-state index is 0.0273. The topological polar surface area (TPSA) is 49.3 Å². The largest absolute Gasteiger partial charge is 0.337 e. The molecule has 4 heterocycles. The standard InChI is InChI=1S/C19H24N4OS/c1-15-3-4-16(25-15)12-22-10-6-19(13-22)5-2-9-23(14-19)18(24)17-11-20-7-8-21-17/h3-4,7-8,11H,2,5-6,9-10,12-14H2,1H3. The second-order valence-electron chi connectivity index (χ2n) is 7.39. The summed E-state index contributed by atoms with van der Waals surface area (Å²) in [5.74, 6) is 0.0273. The van der Waals surface area contributed by atoms with Crippen LogP contribution in [0.25, 0.3) is 0 Å². The van der Waals surface area contributed by atoms with Crippen LogP contribution in [-0.4, -0.2) is 51.9 Å². The summed E-state index contributed by atoms with van der Waals surface area (Å²) in [6.45, 7) is 7.11. The predicted molar refractivity (Wildman–Crippen MR) is 98.6 cm³/mol. The van der Waals surface area contributed by atoms with Crippen molar-refractivity contribution in [3.63, 3.8) is 0 Å². The van der Waals surface area contributed by atoms with Gasteiger partial charge in [-0.05, 0) is 44.9 Å². The van der Waals surface area contributed by atoms with Crippen molar-refractivity contribution < 1.29 is 4.79 Å². The highest BCUT2D eigenvalue weighted by Crippen LogP contribution is 2.40. The summed E-state index contributed by atoms with van der Waals surface area (Å²) in [6.07, 6.45) is 8.25. The van der Waals surface area contributed by atoms with Gasteiger partial charge in [0.1, 0.15) is 5.69 Å². The van der Waals surface area contributed by atoms with Crippen LogP contribution in [0.3, 0.4) is 0 Å². The fraction of sp³-hybridized carbons (Fsp3) is 0.526. The number of aryl methyl sites for hydroxylation is 1. The fourth-order valence-electron chi connectivity index (χ4n) is 4.24. The van der Waals surface area contributed by atoms with Crippen molar-refractivity contribution in [2.24, 2.45) is 5.41 Å². The Hall–Kier alpha value is -1.79. The number of aromatic nitrogens is 2. The molecule has 0 bridgehead atoms. The molecular formula is C19H24N4OS. The summed E-state index contributed by atoms with van der Waals surface area (Å²) in [6, 6.07) is 4.45. The van der Waals surface area contributed by atoms with Gasteiger partial charge in [-0.3, -0.25) is 14.7 Å². The van der Waals surface area contributed by atoms with Crippen molar-refractivity contribution in [1.29, 1.82) is 0 Å². The molecule has 1 unspecified atom stereocenters. The molecule has 2 fully saturated rings. The average molecular weight is 356 g/mol. The van der Waals surface area contributed by atoms with Gasteiger partial charge in [-0.15, -0.1) is 11.3 Å². The van der Waals surface area contributed by atoms with E-state index in [0.717, 1.165) is 39.1 Å². The Labute approximate surface area is 152 Å². The van der Waals surface area contributed by atoms with Crippen LogP contribution in [0.4, 0.5) is 0 Å². The zero-order chi connectivity index (χ0) is 17.3. The van der Waals surface area contributed by atoms with Gasteiger partial charge in [0.15, 0.2) is 0 Å². The molecule has 25 heavy (non-hydrogen) atoms. The SMILES string of the molecule is Cc1ccc(CN2CCC3(CCCN(C(=O)c4cnccn4)C3)C2)s1. The lowest BCUT2D eigenvalue weighted by atomic mass is 9.79. The Bertz CT molecular complexity index is 747. The molecule has 0 N–H and O–H groups in total. The molecule has 1 spiro atoms. The van der Waals surface area contributed by atoms with E-state index >= 15 is 0 Å². The first-order valence-electron chi connectivity index (χ1n) is 8.97. The maximum Gasteiger partial charge on any atom is 0.274 e. The summed E-state index contributed by atoms with van der Waals surface area (Å²) in [5, 5.41) is 0. The zero-order valence-electron chi connectivity index (χ0n) is 14.6. The number of carbonyl (C=O) groups excluding carboxylic acids is 1. The Balaban J connectivity index is 1.41. The smallest absolute Gasteiger partial charge is 0.274 e. The summed E-state index contributed by atoms with van der Waals surface area (Å²) in [5.41, 5.74) is 0.714. The molecule has 2 aromatic rings. The number of rotatable bonds is 3. The van der Waals surface area contributed by atoms with Crippen molar-refractivity contribution in [3.8, 4) is 0 Å². The molecule has 1 amide bonds. The van der Waals surface area contributed by atoms with E-state index in [4.69, 9.17) is 0 Å². The number of nitrogens with zero attached hydrogens (tertiary/aromatic N) is 4. The quantitative estimate of drug-likeness (QED) is 0.848. The molecule has 2 saturated heterocycles. The van der Waals surface area contributed by atoms with Gasteiger partial charge in [0.25, 0.3) is 5.91 Å². The minimum absolute atomic E-state index is 0.0273. The molecule has 2 aliphatic heterocycles. The van der Waals surface area contributed by atoms with Crippen LogP contribution >= 0.6 is 11.3 Å². The van der Waals surface area contributed by atoms with Crippen LogP contribution < -0.4 is 0 Å².